The average molecular weight is 482 g/mol. The van der Waals surface area contributed by atoms with E-state index in [-0.39, 0.29) is 25.0 Å². The Hall–Kier alpha value is -3.85. The summed E-state index contributed by atoms with van der Waals surface area (Å²) in [6.45, 7) is 5.72. The number of methoxy groups -OCH3 is 1. The molecule has 0 saturated heterocycles. The molecule has 0 bridgehead atoms. The molecule has 0 unspecified atom stereocenters. The van der Waals surface area contributed by atoms with Crippen molar-refractivity contribution in [1.82, 2.24) is 0 Å². The number of ether oxygens (including phenoxy) is 2. The molecule has 9 heteroatoms. The van der Waals surface area contributed by atoms with Gasteiger partial charge in [0.05, 0.1) is 25.8 Å². The van der Waals surface area contributed by atoms with Crippen LogP contribution in [0.5, 0.6) is 5.75 Å². The van der Waals surface area contributed by atoms with Crippen molar-refractivity contribution in [3.63, 3.8) is 0 Å². The van der Waals surface area contributed by atoms with Crippen LogP contribution >= 0.6 is 11.3 Å². The number of hydrogen-bond acceptors (Lipinski definition) is 7. The van der Waals surface area contributed by atoms with E-state index in [0.29, 0.717) is 33.3 Å². The van der Waals surface area contributed by atoms with Gasteiger partial charge in [-0.15, -0.1) is 11.3 Å². The van der Waals surface area contributed by atoms with Crippen molar-refractivity contribution in [3.05, 3.63) is 70.1 Å². The molecule has 0 aliphatic heterocycles. The van der Waals surface area contributed by atoms with Crippen LogP contribution in [0.2, 0.25) is 0 Å². The third kappa shape index (κ3) is 6.14. The molecule has 0 aliphatic carbocycles. The molecule has 0 spiro atoms. The Balaban J connectivity index is 1.56. The normalized spacial score (nSPS) is 10.4. The summed E-state index contributed by atoms with van der Waals surface area (Å²) >= 11 is 1.34. The van der Waals surface area contributed by atoms with Crippen molar-refractivity contribution in [2.45, 2.75) is 20.8 Å². The van der Waals surface area contributed by atoms with E-state index in [1.807, 2.05) is 13.8 Å². The molecule has 1 heterocycles. The smallest absolute Gasteiger partial charge is 0.341 e. The molecule has 3 N–H and O–H groups in total. The summed E-state index contributed by atoms with van der Waals surface area (Å²) in [5.74, 6) is -0.285. The highest BCUT2D eigenvalue weighted by Gasteiger charge is 2.22. The minimum Gasteiger partial charge on any atom is -0.497 e. The number of carbonyl (C=O) groups is 3. The lowest BCUT2D eigenvalue weighted by atomic mass is 10.1. The molecule has 3 rings (SSSR count). The first-order valence-electron chi connectivity index (χ1n) is 10.7. The van der Waals surface area contributed by atoms with Crippen LogP contribution in [0.25, 0.3) is 0 Å². The Morgan fingerprint density at radius 2 is 1.56 bits per heavy atom. The van der Waals surface area contributed by atoms with Gasteiger partial charge in [0.1, 0.15) is 10.8 Å². The summed E-state index contributed by atoms with van der Waals surface area (Å²) in [6.07, 6.45) is 0. The molecule has 1 aromatic heterocycles. The maximum atomic E-state index is 12.5. The largest absolute Gasteiger partial charge is 0.497 e. The van der Waals surface area contributed by atoms with E-state index >= 15 is 0 Å². The SMILES string of the molecule is CCOC(=O)c1c(NC(=O)CNc2ccc(C(=O)Nc3ccc(OC)cc3)cc2)sc(C)c1C. The van der Waals surface area contributed by atoms with E-state index in [2.05, 4.69) is 16.0 Å². The standard InChI is InChI=1S/C25H27N3O5S/c1-5-33-25(31)22-15(2)16(3)34-24(22)28-21(29)14-26-18-8-6-17(7-9-18)23(30)27-19-10-12-20(32-4)13-11-19/h6-13,26H,5,14H2,1-4H3,(H,27,30)(H,28,29). The van der Waals surface area contributed by atoms with E-state index in [9.17, 15) is 14.4 Å². The molecular formula is C25H27N3O5S. The lowest BCUT2D eigenvalue weighted by Gasteiger charge is -2.10. The van der Waals surface area contributed by atoms with Crippen molar-refractivity contribution < 1.29 is 23.9 Å². The maximum absolute atomic E-state index is 12.5. The van der Waals surface area contributed by atoms with Crippen LogP contribution in [0.3, 0.4) is 0 Å². The zero-order chi connectivity index (χ0) is 24.7. The number of thiophene rings is 1. The van der Waals surface area contributed by atoms with E-state index in [1.54, 1.807) is 62.6 Å². The van der Waals surface area contributed by atoms with E-state index in [1.165, 1.54) is 11.3 Å². The Kier molecular flexibility index (Phi) is 8.26. The summed E-state index contributed by atoms with van der Waals surface area (Å²) in [4.78, 5) is 38.1. The quantitative estimate of drug-likeness (QED) is 0.377. The molecule has 0 saturated carbocycles. The van der Waals surface area contributed by atoms with Crippen molar-refractivity contribution in [1.29, 1.82) is 0 Å². The monoisotopic (exact) mass is 481 g/mol. The Labute approximate surface area is 202 Å². The van der Waals surface area contributed by atoms with Crippen LogP contribution in [0, 0.1) is 13.8 Å². The summed E-state index contributed by atoms with van der Waals surface area (Å²) in [5, 5.41) is 9.11. The number of anilines is 3. The molecule has 178 valence electrons. The highest BCUT2D eigenvalue weighted by molar-refractivity contribution is 7.16. The second-order valence-corrected chi connectivity index (χ2v) is 8.59. The third-order valence-electron chi connectivity index (χ3n) is 5.07. The van der Waals surface area contributed by atoms with Gasteiger partial charge in [-0.25, -0.2) is 4.79 Å². The van der Waals surface area contributed by atoms with E-state index in [0.717, 1.165) is 10.4 Å². The van der Waals surface area contributed by atoms with Crippen molar-refractivity contribution >= 4 is 45.5 Å². The zero-order valence-corrected chi connectivity index (χ0v) is 20.3. The van der Waals surface area contributed by atoms with E-state index in [4.69, 9.17) is 9.47 Å². The van der Waals surface area contributed by atoms with Crippen LogP contribution in [-0.4, -0.2) is 38.0 Å². The second kappa shape index (κ2) is 11.3. The molecule has 0 fully saturated rings. The summed E-state index contributed by atoms with van der Waals surface area (Å²) in [6, 6.07) is 13.8. The molecule has 0 aliphatic rings. The summed E-state index contributed by atoms with van der Waals surface area (Å²) in [7, 11) is 1.58. The average Bonchev–Trinajstić information content (AvgIpc) is 3.11. The number of aryl methyl sites for hydroxylation is 1. The first kappa shape index (κ1) is 24.8. The molecule has 0 atom stereocenters. The highest BCUT2D eigenvalue weighted by Crippen LogP contribution is 2.33. The van der Waals surface area contributed by atoms with Gasteiger partial charge in [-0.3, -0.25) is 9.59 Å². The van der Waals surface area contributed by atoms with Gasteiger partial charge in [0.2, 0.25) is 5.91 Å². The van der Waals surface area contributed by atoms with Gasteiger partial charge >= 0.3 is 5.97 Å². The Morgan fingerprint density at radius 3 is 2.18 bits per heavy atom. The molecule has 3 aromatic rings. The van der Waals surface area contributed by atoms with Gasteiger partial charge in [-0.1, -0.05) is 0 Å². The van der Waals surface area contributed by atoms with Gasteiger partial charge in [-0.2, -0.15) is 0 Å². The van der Waals surface area contributed by atoms with Gasteiger partial charge in [0, 0.05) is 21.8 Å². The number of rotatable bonds is 9. The molecular weight excluding hydrogens is 454 g/mol. The fourth-order valence-corrected chi connectivity index (χ4v) is 4.20. The van der Waals surface area contributed by atoms with Crippen molar-refractivity contribution in [3.8, 4) is 5.75 Å². The lowest BCUT2D eigenvalue weighted by molar-refractivity contribution is -0.114. The van der Waals surface area contributed by atoms with Crippen molar-refractivity contribution in [2.24, 2.45) is 0 Å². The van der Waals surface area contributed by atoms with Crippen LogP contribution in [-0.2, 0) is 9.53 Å². The predicted molar refractivity (Wildman–Crippen MR) is 134 cm³/mol. The first-order valence-corrected chi connectivity index (χ1v) is 11.5. The Morgan fingerprint density at radius 1 is 0.912 bits per heavy atom. The molecule has 34 heavy (non-hydrogen) atoms. The maximum Gasteiger partial charge on any atom is 0.341 e. The number of hydrogen-bond donors (Lipinski definition) is 3. The van der Waals surface area contributed by atoms with Crippen molar-refractivity contribution in [2.75, 3.05) is 36.2 Å². The fourth-order valence-electron chi connectivity index (χ4n) is 3.13. The number of benzene rings is 2. The topological polar surface area (TPSA) is 106 Å². The van der Waals surface area contributed by atoms with Gasteiger partial charge < -0.3 is 25.4 Å². The van der Waals surface area contributed by atoms with Gasteiger partial charge in [0.25, 0.3) is 5.91 Å². The highest BCUT2D eigenvalue weighted by atomic mass is 32.1. The van der Waals surface area contributed by atoms with Gasteiger partial charge in [-0.05, 0) is 74.9 Å². The molecule has 8 nitrogen and oxygen atoms in total. The minimum atomic E-state index is -0.448. The predicted octanol–water partition coefficient (Wildman–Crippen LogP) is 4.85. The molecule has 0 radical (unpaired) electrons. The van der Waals surface area contributed by atoms with E-state index < -0.39 is 5.97 Å². The minimum absolute atomic E-state index is 0.00431. The number of carbonyl (C=O) groups excluding carboxylic acids is 3. The zero-order valence-electron chi connectivity index (χ0n) is 19.5. The van der Waals surface area contributed by atoms with Crippen LogP contribution < -0.4 is 20.7 Å². The number of esters is 1. The second-order valence-electron chi connectivity index (χ2n) is 7.37. The summed E-state index contributed by atoms with van der Waals surface area (Å²) in [5.41, 5.74) is 3.01. The van der Waals surface area contributed by atoms with Gasteiger partial charge in [0.15, 0.2) is 0 Å². The lowest BCUT2D eigenvalue weighted by Crippen LogP contribution is -2.22. The summed E-state index contributed by atoms with van der Waals surface area (Å²) < 4.78 is 10.2. The van der Waals surface area contributed by atoms with Crippen LogP contribution in [0.1, 0.15) is 38.1 Å². The fraction of sp³-hybridized carbons (Fsp3) is 0.240. The molecule has 2 amide bonds. The molecule has 2 aromatic carbocycles. The third-order valence-corrected chi connectivity index (χ3v) is 6.19. The van der Waals surface area contributed by atoms with Crippen LogP contribution in [0.15, 0.2) is 48.5 Å². The number of nitrogens with one attached hydrogen (secondary N) is 3. The Bertz CT molecular complexity index is 1170. The first-order chi connectivity index (χ1) is 16.3. The number of amides is 2. The van der Waals surface area contributed by atoms with Crippen LogP contribution in [0.4, 0.5) is 16.4 Å².